The highest BCUT2D eigenvalue weighted by Crippen LogP contribution is 2.54. The van der Waals surface area contributed by atoms with Crippen molar-refractivity contribution in [1.82, 2.24) is 5.32 Å². The Bertz CT molecular complexity index is 310. The van der Waals surface area contributed by atoms with Crippen LogP contribution in [0.15, 0.2) is 35.2 Å². The smallest absolute Gasteiger partial charge is 0.101 e. The van der Waals surface area contributed by atoms with Crippen LogP contribution < -0.4 is 5.32 Å². The van der Waals surface area contributed by atoms with Crippen LogP contribution in [0.1, 0.15) is 12.8 Å². The van der Waals surface area contributed by atoms with E-state index in [0.717, 1.165) is 30.8 Å². The zero-order chi connectivity index (χ0) is 10.7. The van der Waals surface area contributed by atoms with Gasteiger partial charge in [0.15, 0.2) is 0 Å². The summed E-state index contributed by atoms with van der Waals surface area (Å²) >= 11 is 0. The molecule has 2 rings (SSSR count). The minimum Gasteiger partial charge on any atom is -0.323 e. The summed E-state index contributed by atoms with van der Waals surface area (Å²) < 4.78 is 18.5. The molecule has 0 bridgehead atoms. The molecule has 4 heteroatoms. The van der Waals surface area contributed by atoms with Gasteiger partial charge in [-0.1, -0.05) is 28.8 Å². The van der Waals surface area contributed by atoms with Crippen LogP contribution in [-0.4, -0.2) is 27.4 Å². The van der Waals surface area contributed by atoms with Crippen molar-refractivity contribution >= 4 is 10.6 Å². The molecular weight excluding hydrogens is 210 g/mol. The lowest BCUT2D eigenvalue weighted by atomic mass is 10.2. The highest BCUT2D eigenvalue weighted by atomic mass is 32.3. The molecule has 1 unspecified atom stereocenters. The Morgan fingerprint density at radius 1 is 1.20 bits per heavy atom. The molecule has 84 valence electrons. The first-order valence-electron chi connectivity index (χ1n) is 5.26. The molecule has 0 saturated carbocycles. The van der Waals surface area contributed by atoms with Gasteiger partial charge in [0.05, 0.1) is 5.25 Å². The predicted molar refractivity (Wildman–Crippen MR) is 64.4 cm³/mol. The van der Waals surface area contributed by atoms with Gasteiger partial charge in [-0.2, -0.15) is 0 Å². The second-order valence-corrected chi connectivity index (χ2v) is 6.28. The first-order chi connectivity index (χ1) is 7.21. The monoisotopic (exact) mass is 228 g/mol. The maximum absolute atomic E-state index is 10.3. The highest BCUT2D eigenvalue weighted by Gasteiger charge is 2.32. The molecule has 3 nitrogen and oxygen atoms in total. The molecule has 1 saturated heterocycles. The molecule has 1 heterocycles. The first-order valence-corrected chi connectivity index (χ1v) is 6.91. The van der Waals surface area contributed by atoms with Crippen molar-refractivity contribution in [3.8, 4) is 0 Å². The van der Waals surface area contributed by atoms with E-state index in [2.05, 4.69) is 5.32 Å². The van der Waals surface area contributed by atoms with Crippen molar-refractivity contribution in [1.29, 1.82) is 0 Å². The second-order valence-electron chi connectivity index (χ2n) is 3.89. The lowest BCUT2D eigenvalue weighted by Gasteiger charge is -2.38. The van der Waals surface area contributed by atoms with E-state index in [-0.39, 0.29) is 5.25 Å². The van der Waals surface area contributed by atoms with Gasteiger partial charge in [0.25, 0.3) is 0 Å². The molecule has 15 heavy (non-hydrogen) atoms. The molecule has 1 aliphatic heterocycles. The maximum Gasteiger partial charge on any atom is 0.101 e. The normalized spacial score (nSPS) is 24.4. The quantitative estimate of drug-likeness (QED) is 0.757. The fourth-order valence-electron chi connectivity index (χ4n) is 1.96. The third kappa shape index (κ3) is 2.34. The van der Waals surface area contributed by atoms with Crippen LogP contribution in [0.2, 0.25) is 0 Å². The Hall–Kier alpha value is -0.550. The molecule has 4 N–H and O–H groups in total. The van der Waals surface area contributed by atoms with Crippen LogP contribution in [0.25, 0.3) is 0 Å². The number of piperidine rings is 1. The van der Waals surface area contributed by atoms with Crippen molar-refractivity contribution in [2.24, 2.45) is 0 Å². The van der Waals surface area contributed by atoms with Crippen LogP contribution >= 0.6 is 10.6 Å². The molecule has 0 spiro atoms. The van der Waals surface area contributed by atoms with Gasteiger partial charge in [-0.05, 0) is 38.1 Å². The van der Waals surface area contributed by atoms with E-state index in [9.17, 15) is 4.55 Å². The minimum absolute atomic E-state index is 0.126. The highest BCUT2D eigenvalue weighted by molar-refractivity contribution is 8.24. The standard InChI is InChI=1S/C11H17NO2S/c13-15(14,10-4-2-1-3-5-10)11-6-8-12-9-7-11/h1-5,11-14H,6-9H2/p+1. The van der Waals surface area contributed by atoms with Crippen molar-refractivity contribution in [3.05, 3.63) is 30.3 Å². The fourth-order valence-corrected chi connectivity index (χ4v) is 3.83. The number of rotatable bonds is 2. The predicted octanol–water partition coefficient (Wildman–Crippen LogP) is 1.71. The zero-order valence-corrected chi connectivity index (χ0v) is 9.46. The molecule has 0 aliphatic carbocycles. The third-order valence-electron chi connectivity index (χ3n) is 2.87. The van der Waals surface area contributed by atoms with Crippen LogP contribution in [0.4, 0.5) is 0 Å². The molecule has 1 aliphatic rings. The van der Waals surface area contributed by atoms with E-state index < -0.39 is 10.6 Å². The Labute approximate surface area is 91.9 Å². The number of benzene rings is 1. The molecule has 0 amide bonds. The van der Waals surface area contributed by atoms with Crippen molar-refractivity contribution in [2.45, 2.75) is 23.0 Å². The number of hydrogen-bond acceptors (Lipinski definition) is 2. The summed E-state index contributed by atoms with van der Waals surface area (Å²) in [6.07, 6.45) is 1.81. The van der Waals surface area contributed by atoms with Gasteiger partial charge in [-0.25, -0.2) is 0 Å². The summed E-state index contributed by atoms with van der Waals surface area (Å²) in [7, 11) is -2.35. The SMILES string of the molecule is OS([OH2+])(c1ccccc1)C1CCNCC1. The summed E-state index contributed by atoms with van der Waals surface area (Å²) in [5, 5.41) is 3.38. The van der Waals surface area contributed by atoms with Gasteiger partial charge in [-0.15, -0.1) is 0 Å². The summed E-state index contributed by atoms with van der Waals surface area (Å²) in [6.45, 7) is 1.84. The Kier molecular flexibility index (Phi) is 3.31. The largest absolute Gasteiger partial charge is 0.323 e. The summed E-state index contributed by atoms with van der Waals surface area (Å²) in [5.74, 6) is 0. The topological polar surface area (TPSA) is 55.2 Å². The van der Waals surface area contributed by atoms with E-state index in [1.165, 1.54) is 0 Å². The van der Waals surface area contributed by atoms with Gasteiger partial charge >= 0.3 is 0 Å². The van der Waals surface area contributed by atoms with E-state index in [4.69, 9.17) is 4.55 Å². The second kappa shape index (κ2) is 4.53. The number of hydrogen-bond donors (Lipinski definition) is 2. The van der Waals surface area contributed by atoms with Crippen LogP contribution in [0.5, 0.6) is 0 Å². The summed E-state index contributed by atoms with van der Waals surface area (Å²) in [4.78, 5) is 0.789. The van der Waals surface area contributed by atoms with Crippen LogP contribution in [0, 0.1) is 0 Å². The third-order valence-corrected chi connectivity index (χ3v) is 5.30. The van der Waals surface area contributed by atoms with Gasteiger partial charge in [0.2, 0.25) is 0 Å². The van der Waals surface area contributed by atoms with Crippen molar-refractivity contribution in [2.75, 3.05) is 13.1 Å². The van der Waals surface area contributed by atoms with Crippen LogP contribution in [-0.2, 0) is 0 Å². The van der Waals surface area contributed by atoms with E-state index in [1.54, 1.807) is 0 Å². The zero-order valence-electron chi connectivity index (χ0n) is 8.65. The minimum atomic E-state index is -2.35. The molecular formula is C11H18NO2S+. The van der Waals surface area contributed by atoms with Gasteiger partial charge < -0.3 is 9.87 Å². The lowest BCUT2D eigenvalue weighted by Crippen LogP contribution is -2.33. The molecule has 1 aromatic rings. The molecule has 1 atom stereocenters. The average molecular weight is 228 g/mol. The summed E-state index contributed by atoms with van der Waals surface area (Å²) in [5.41, 5.74) is 0. The van der Waals surface area contributed by atoms with E-state index in [0.29, 0.717) is 0 Å². The van der Waals surface area contributed by atoms with Gasteiger partial charge in [0, 0.05) is 0 Å². The molecule has 1 fully saturated rings. The Morgan fingerprint density at radius 2 is 1.80 bits per heavy atom. The van der Waals surface area contributed by atoms with Crippen molar-refractivity contribution in [3.63, 3.8) is 0 Å². The first kappa shape index (κ1) is 11.0. The van der Waals surface area contributed by atoms with Crippen molar-refractivity contribution < 1.29 is 9.11 Å². The Morgan fingerprint density at radius 3 is 2.40 bits per heavy atom. The van der Waals surface area contributed by atoms with Gasteiger partial charge in [-0.3, -0.25) is 4.55 Å². The molecule has 0 aromatic heterocycles. The average Bonchev–Trinajstić information content (AvgIpc) is 2.31. The Balaban J connectivity index is 2.18. The lowest BCUT2D eigenvalue weighted by molar-refractivity contribution is 0.431. The van der Waals surface area contributed by atoms with E-state index >= 15 is 0 Å². The van der Waals surface area contributed by atoms with E-state index in [1.807, 2.05) is 30.3 Å². The molecule has 1 aromatic carbocycles. The maximum atomic E-state index is 10.3. The number of nitrogens with one attached hydrogen (secondary N) is 1. The van der Waals surface area contributed by atoms with Gasteiger partial charge in [0.1, 0.15) is 4.90 Å². The summed E-state index contributed by atoms with van der Waals surface area (Å²) in [6, 6.07) is 9.43. The molecule has 0 radical (unpaired) electrons. The van der Waals surface area contributed by atoms with Crippen LogP contribution in [0.3, 0.4) is 0 Å². The fraction of sp³-hybridized carbons (Fsp3) is 0.455.